The Bertz CT molecular complexity index is 4030. The summed E-state index contributed by atoms with van der Waals surface area (Å²) in [5, 5.41) is 29.3. The molecule has 23 nitrogen and oxygen atoms in total. The number of nitrogens with zero attached hydrogens (tertiary/aromatic N) is 6. The van der Waals surface area contributed by atoms with Gasteiger partial charge in [0.15, 0.2) is 40.1 Å². The molecule has 3 aliphatic heterocycles. The van der Waals surface area contributed by atoms with Crippen molar-refractivity contribution in [2.24, 2.45) is 0 Å². The van der Waals surface area contributed by atoms with Gasteiger partial charge in [-0.3, -0.25) is 33.6 Å². The summed E-state index contributed by atoms with van der Waals surface area (Å²) in [7, 11) is 4.66. The van der Waals surface area contributed by atoms with Gasteiger partial charge in [0, 0.05) is 79.2 Å². The summed E-state index contributed by atoms with van der Waals surface area (Å²) < 4.78 is 32.0. The van der Waals surface area contributed by atoms with Gasteiger partial charge in [0.1, 0.15) is 24.3 Å². The lowest BCUT2D eigenvalue weighted by atomic mass is 10.0. The first kappa shape index (κ1) is 68.6. The minimum absolute atomic E-state index is 0.0167. The summed E-state index contributed by atoms with van der Waals surface area (Å²) in [5.41, 5.74) is 1.41. The number of hydrogen-bond donors (Lipinski definition) is 3. The molecule has 3 N–H and O–H groups in total. The van der Waals surface area contributed by atoms with Gasteiger partial charge in [-0.25, -0.2) is 9.59 Å². The number of benzene rings is 5. The van der Waals surface area contributed by atoms with Crippen molar-refractivity contribution >= 4 is 35.4 Å². The van der Waals surface area contributed by atoms with Gasteiger partial charge in [-0.15, -0.1) is 0 Å². The molecule has 95 heavy (non-hydrogen) atoms. The lowest BCUT2D eigenvalue weighted by molar-refractivity contribution is 0.0580. The molecule has 0 radical (unpaired) electrons. The second-order valence-electron chi connectivity index (χ2n) is 22.9. The predicted molar refractivity (Wildman–Crippen MR) is 350 cm³/mol. The molecule has 11 rings (SSSR count). The van der Waals surface area contributed by atoms with Crippen LogP contribution in [0.3, 0.4) is 0 Å². The van der Waals surface area contributed by atoms with E-state index in [-0.39, 0.29) is 77.2 Å². The monoisotopic (exact) mass is 1290 g/mol. The highest BCUT2D eigenvalue weighted by Gasteiger charge is 2.39. The Morgan fingerprint density at radius 3 is 1.01 bits per heavy atom. The molecule has 3 atom stereocenters. The molecule has 0 saturated heterocycles. The average Bonchev–Trinajstić information content (AvgIpc) is 0.776. The Labute approximate surface area is 547 Å². The molecule has 3 aliphatic rings. The van der Waals surface area contributed by atoms with Gasteiger partial charge < -0.3 is 67.4 Å². The van der Waals surface area contributed by atoms with Crippen LogP contribution in [0.1, 0.15) is 115 Å². The fourth-order valence-corrected chi connectivity index (χ4v) is 11.7. The van der Waals surface area contributed by atoms with Crippen molar-refractivity contribution < 1.29 is 67.8 Å². The highest BCUT2D eigenvalue weighted by molar-refractivity contribution is 6.00. The van der Waals surface area contributed by atoms with Gasteiger partial charge in [-0.2, -0.15) is 0 Å². The molecular weight excluding hydrogens is 1220 g/mol. The molecule has 0 spiro atoms. The summed E-state index contributed by atoms with van der Waals surface area (Å²) >= 11 is 0. The number of carboxylic acids is 2. The number of carbonyl (C=O) groups excluding carboxylic acids is 4. The van der Waals surface area contributed by atoms with Crippen molar-refractivity contribution in [3.8, 4) is 17.2 Å². The van der Waals surface area contributed by atoms with Gasteiger partial charge in [0.25, 0.3) is 17.7 Å². The van der Waals surface area contributed by atoms with E-state index in [9.17, 15) is 58.5 Å². The molecule has 8 aromatic rings. The van der Waals surface area contributed by atoms with Gasteiger partial charge in [-0.05, 0) is 54.0 Å². The zero-order valence-electron chi connectivity index (χ0n) is 53.0. The van der Waals surface area contributed by atoms with Crippen LogP contribution in [-0.2, 0) is 46.7 Å². The molecule has 23 heteroatoms. The Morgan fingerprint density at radius 2 is 0.695 bits per heavy atom. The number of ether oxygens (including phenoxy) is 5. The third kappa shape index (κ3) is 16.4. The van der Waals surface area contributed by atoms with Crippen molar-refractivity contribution in [1.29, 1.82) is 0 Å². The van der Waals surface area contributed by atoms with Crippen LogP contribution in [0.5, 0.6) is 17.2 Å². The number of carbonyl (C=O) groups is 6. The molecule has 5 aromatic carbocycles. The second-order valence-corrected chi connectivity index (χ2v) is 22.9. The van der Waals surface area contributed by atoms with Crippen LogP contribution in [0.4, 0.5) is 0 Å². The van der Waals surface area contributed by atoms with E-state index in [4.69, 9.17) is 23.7 Å². The summed E-state index contributed by atoms with van der Waals surface area (Å²) in [6, 6.07) is 47.0. The minimum atomic E-state index is -1.45. The van der Waals surface area contributed by atoms with E-state index in [1.165, 1.54) is 35.9 Å². The quantitative estimate of drug-likeness (QED) is 0.0489. The highest BCUT2D eigenvalue weighted by atomic mass is 16.5. The SMILES string of the molecule is COCCN1C[C@H](Cc2ccccc2)n2cc(C(=O)O)c(=O)c(O)c2C1=O.COCCN1C[C@H](Cc2ccccc2)n2cc(C(=O)O)c(=O)c(OCc3ccccc3)c2C1=O.COCCN1C[C@H](Cc2ccccc2)n2cc(C(C)=O)c(=O)c(OCc3ccccc3)c2C1=O. The first-order valence-corrected chi connectivity index (χ1v) is 30.8. The maximum atomic E-state index is 13.5. The molecule has 0 fully saturated rings. The lowest BCUT2D eigenvalue weighted by Crippen LogP contribution is -2.47. The van der Waals surface area contributed by atoms with Crippen LogP contribution in [0.15, 0.2) is 185 Å². The molecule has 3 aromatic heterocycles. The number of carboxylic acid groups (broad SMARTS) is 2. The van der Waals surface area contributed by atoms with Crippen LogP contribution in [0.2, 0.25) is 0 Å². The number of aromatic hydroxyl groups is 1. The summed E-state index contributed by atoms with van der Waals surface area (Å²) in [6.07, 6.45) is 5.63. The average molecular weight is 1300 g/mol. The maximum absolute atomic E-state index is 13.5. The second kappa shape index (κ2) is 32.2. The van der Waals surface area contributed by atoms with Crippen LogP contribution in [0.25, 0.3) is 0 Å². The van der Waals surface area contributed by atoms with E-state index in [0.29, 0.717) is 78.4 Å². The number of aromatic carboxylic acids is 2. The number of aromatic nitrogens is 3. The molecule has 3 amide bonds. The molecule has 0 aliphatic carbocycles. The van der Waals surface area contributed by atoms with Crippen molar-refractivity contribution in [3.63, 3.8) is 0 Å². The van der Waals surface area contributed by atoms with E-state index in [1.807, 2.05) is 152 Å². The summed E-state index contributed by atoms with van der Waals surface area (Å²) in [5.74, 6) is -5.55. The number of methoxy groups -OCH3 is 3. The zero-order chi connectivity index (χ0) is 67.7. The number of fused-ring (bicyclic) bond motifs is 3. The summed E-state index contributed by atoms with van der Waals surface area (Å²) in [6.45, 7) is 4.64. The number of hydrogen-bond acceptors (Lipinski definition) is 15. The lowest BCUT2D eigenvalue weighted by Gasteiger charge is -2.37. The number of Topliss-reactive ketones (excluding diaryl/α,β-unsaturated/α-hetero) is 1. The van der Waals surface area contributed by atoms with E-state index in [2.05, 4.69) is 0 Å². The van der Waals surface area contributed by atoms with Gasteiger partial charge in [0.05, 0.1) is 43.5 Å². The molecular formula is C72H74N6O17. The van der Waals surface area contributed by atoms with Gasteiger partial charge in [0.2, 0.25) is 16.3 Å². The van der Waals surface area contributed by atoms with Gasteiger partial charge >= 0.3 is 11.9 Å². The molecule has 6 heterocycles. The van der Waals surface area contributed by atoms with E-state index in [0.717, 1.165) is 34.0 Å². The fraction of sp³-hybridized carbons (Fsp3) is 0.292. The Balaban J connectivity index is 0.000000169. The van der Waals surface area contributed by atoms with Crippen molar-refractivity contribution in [3.05, 3.63) is 263 Å². The molecule has 0 bridgehead atoms. The van der Waals surface area contributed by atoms with Crippen molar-refractivity contribution in [2.45, 2.75) is 57.5 Å². The third-order valence-electron chi connectivity index (χ3n) is 16.5. The maximum Gasteiger partial charge on any atom is 0.341 e. The van der Waals surface area contributed by atoms with Crippen LogP contribution in [-0.4, -0.2) is 160 Å². The van der Waals surface area contributed by atoms with E-state index < -0.39 is 56.9 Å². The Hall–Kier alpha value is -10.8. The smallest absolute Gasteiger partial charge is 0.341 e. The third-order valence-corrected chi connectivity index (χ3v) is 16.5. The molecule has 0 unspecified atom stereocenters. The number of pyridine rings is 3. The number of rotatable bonds is 24. The van der Waals surface area contributed by atoms with Crippen LogP contribution < -0.4 is 25.8 Å². The summed E-state index contributed by atoms with van der Waals surface area (Å²) in [4.78, 5) is 119. The van der Waals surface area contributed by atoms with E-state index in [1.54, 1.807) is 33.2 Å². The standard InChI is InChI=1S/C27H28N2O5.C26H26N2O6.C19H20N2O6/c1-19(30)23-17-29-22(15-20-9-5-3-6-10-20)16-28(13-14-33-2)27(32)24(29)26(25(23)31)34-18-21-11-7-4-8-12-21;1-33-13-12-27-15-20(14-18-8-4-2-5-9-18)28-16-21(26(31)32)23(29)24(22(28)25(27)30)34-17-19-10-6-3-7-11-19;1-27-8-7-20-10-13(9-12-5-3-2-4-6-12)21-11-14(19(25)26)16(22)17(23)15(21)18(20)24/h3-12,17,22H,13-16,18H2,1-2H3;2-11,16,20H,12-15,17H2,1H3,(H,31,32);2-6,11,13,23H,7-10H2,1H3,(H,25,26)/t22-;20-;13-/m000/s1. The first-order valence-electron chi connectivity index (χ1n) is 30.8. The fourth-order valence-electron chi connectivity index (χ4n) is 11.7. The zero-order valence-corrected chi connectivity index (χ0v) is 53.0. The van der Waals surface area contributed by atoms with Crippen molar-refractivity contribution in [1.82, 2.24) is 28.4 Å². The van der Waals surface area contributed by atoms with Crippen LogP contribution in [0, 0.1) is 0 Å². The Kier molecular flexibility index (Phi) is 23.3. The minimum Gasteiger partial charge on any atom is -0.503 e. The highest BCUT2D eigenvalue weighted by Crippen LogP contribution is 2.33. The van der Waals surface area contributed by atoms with Crippen molar-refractivity contribution in [2.75, 3.05) is 80.4 Å². The first-order chi connectivity index (χ1) is 45.9. The normalized spacial score (nSPS) is 15.5. The predicted octanol–water partition coefficient (Wildman–Crippen LogP) is 7.67. The van der Waals surface area contributed by atoms with Crippen LogP contribution >= 0.6 is 0 Å². The topological polar surface area (TPSA) is 285 Å². The largest absolute Gasteiger partial charge is 0.503 e. The number of ketones is 1. The molecule has 494 valence electrons. The molecule has 0 saturated carbocycles. The Morgan fingerprint density at radius 1 is 0.411 bits per heavy atom. The van der Waals surface area contributed by atoms with Gasteiger partial charge in [-0.1, -0.05) is 152 Å². The number of amides is 3. The van der Waals surface area contributed by atoms with E-state index >= 15 is 0 Å².